The minimum Gasteiger partial charge on any atom is -0.492 e. The minimum absolute atomic E-state index is 0. The summed E-state index contributed by atoms with van der Waals surface area (Å²) in [6, 6.07) is 5.84. The molecule has 0 saturated carbocycles. The molecule has 1 aromatic rings. The second kappa shape index (κ2) is 12.3. The quantitative estimate of drug-likeness (QED) is 0.237. The summed E-state index contributed by atoms with van der Waals surface area (Å²) in [5.41, 5.74) is 0. The predicted molar refractivity (Wildman–Crippen MR) is 109 cm³/mol. The van der Waals surface area contributed by atoms with Crippen molar-refractivity contribution in [1.29, 1.82) is 0 Å². The third-order valence-electron chi connectivity index (χ3n) is 2.94. The van der Waals surface area contributed by atoms with Crippen LogP contribution in [-0.2, 0) is 10.0 Å². The Morgan fingerprint density at radius 1 is 1.32 bits per heavy atom. The van der Waals surface area contributed by atoms with E-state index in [0.717, 1.165) is 6.26 Å². The number of ether oxygens (including phenoxy) is 1. The van der Waals surface area contributed by atoms with Crippen LogP contribution in [0.4, 0.5) is 4.39 Å². The fourth-order valence-corrected chi connectivity index (χ4v) is 2.26. The molecule has 25 heavy (non-hydrogen) atoms. The first-order valence-corrected chi connectivity index (χ1v) is 9.53. The Morgan fingerprint density at radius 2 is 1.96 bits per heavy atom. The SMILES string of the molecule is CCNC(=NCCNS(C)(=O)=O)N(C)CCOc1ccc(F)cc1.I. The van der Waals surface area contributed by atoms with Gasteiger partial charge in [0, 0.05) is 20.1 Å². The number of guanidine groups is 1. The van der Waals surface area contributed by atoms with Crippen molar-refractivity contribution in [3.05, 3.63) is 30.1 Å². The van der Waals surface area contributed by atoms with E-state index in [9.17, 15) is 12.8 Å². The number of hydrogen-bond acceptors (Lipinski definition) is 4. The molecule has 2 N–H and O–H groups in total. The highest BCUT2D eigenvalue weighted by molar-refractivity contribution is 14.0. The first-order chi connectivity index (χ1) is 11.3. The van der Waals surface area contributed by atoms with Crippen molar-refractivity contribution in [3.8, 4) is 5.75 Å². The van der Waals surface area contributed by atoms with Gasteiger partial charge in [-0.3, -0.25) is 4.99 Å². The minimum atomic E-state index is -3.20. The number of hydrogen-bond donors (Lipinski definition) is 2. The third kappa shape index (κ3) is 11.2. The van der Waals surface area contributed by atoms with E-state index in [1.807, 2.05) is 18.9 Å². The Kier molecular flexibility index (Phi) is 11.7. The van der Waals surface area contributed by atoms with Crippen molar-refractivity contribution in [2.75, 3.05) is 46.1 Å². The molecule has 0 aliphatic carbocycles. The normalized spacial score (nSPS) is 11.6. The summed E-state index contributed by atoms with van der Waals surface area (Å²) in [6.07, 6.45) is 1.11. The molecule has 0 fully saturated rings. The molecule has 10 heteroatoms. The van der Waals surface area contributed by atoms with Gasteiger partial charge in [0.1, 0.15) is 18.2 Å². The van der Waals surface area contributed by atoms with Gasteiger partial charge in [-0.1, -0.05) is 0 Å². The summed E-state index contributed by atoms with van der Waals surface area (Å²) in [5.74, 6) is 0.961. The number of benzene rings is 1. The van der Waals surface area contributed by atoms with Crippen LogP contribution in [0.1, 0.15) is 6.92 Å². The van der Waals surface area contributed by atoms with E-state index in [0.29, 0.717) is 38.0 Å². The van der Waals surface area contributed by atoms with Gasteiger partial charge in [0.05, 0.1) is 19.3 Å². The lowest BCUT2D eigenvalue weighted by atomic mass is 10.3. The van der Waals surface area contributed by atoms with Crippen molar-refractivity contribution < 1.29 is 17.5 Å². The van der Waals surface area contributed by atoms with Gasteiger partial charge in [-0.05, 0) is 31.2 Å². The zero-order valence-electron chi connectivity index (χ0n) is 14.7. The topological polar surface area (TPSA) is 83.0 Å². The van der Waals surface area contributed by atoms with Crippen LogP contribution in [0.3, 0.4) is 0 Å². The number of sulfonamides is 1. The molecule has 0 aliphatic heterocycles. The average Bonchev–Trinajstić information content (AvgIpc) is 2.51. The number of halogens is 2. The molecule has 0 saturated heterocycles. The maximum atomic E-state index is 12.8. The maximum absolute atomic E-state index is 12.8. The lowest BCUT2D eigenvalue weighted by molar-refractivity contribution is 0.281. The highest BCUT2D eigenvalue weighted by atomic mass is 127. The Labute approximate surface area is 166 Å². The van der Waals surface area contributed by atoms with E-state index in [4.69, 9.17) is 4.74 Å². The van der Waals surface area contributed by atoms with Gasteiger partial charge in [-0.15, -0.1) is 24.0 Å². The molecule has 0 heterocycles. The monoisotopic (exact) mass is 488 g/mol. The van der Waals surface area contributed by atoms with Crippen molar-refractivity contribution in [2.45, 2.75) is 6.92 Å². The van der Waals surface area contributed by atoms with E-state index in [1.54, 1.807) is 12.1 Å². The Hall–Kier alpha value is -1.14. The third-order valence-corrected chi connectivity index (χ3v) is 3.67. The number of rotatable bonds is 9. The maximum Gasteiger partial charge on any atom is 0.208 e. The van der Waals surface area contributed by atoms with Gasteiger partial charge >= 0.3 is 0 Å². The molecular formula is C15H26FIN4O3S. The fraction of sp³-hybridized carbons (Fsp3) is 0.533. The molecule has 0 spiro atoms. The van der Waals surface area contributed by atoms with Crippen LogP contribution in [0.25, 0.3) is 0 Å². The second-order valence-electron chi connectivity index (χ2n) is 5.13. The molecular weight excluding hydrogens is 462 g/mol. The van der Waals surface area contributed by atoms with Crippen LogP contribution < -0.4 is 14.8 Å². The summed E-state index contributed by atoms with van der Waals surface area (Å²) >= 11 is 0. The van der Waals surface area contributed by atoms with Gasteiger partial charge < -0.3 is 15.0 Å². The summed E-state index contributed by atoms with van der Waals surface area (Å²) in [5, 5.41) is 3.13. The summed E-state index contributed by atoms with van der Waals surface area (Å²) in [7, 11) is -1.34. The summed E-state index contributed by atoms with van der Waals surface area (Å²) < 4.78 is 42.8. The van der Waals surface area contributed by atoms with Gasteiger partial charge in [-0.2, -0.15) is 0 Å². The molecule has 0 atom stereocenters. The van der Waals surface area contributed by atoms with Crippen LogP contribution in [-0.4, -0.2) is 65.4 Å². The average molecular weight is 488 g/mol. The molecule has 0 unspecified atom stereocenters. The molecule has 0 amide bonds. The largest absolute Gasteiger partial charge is 0.492 e. The standard InChI is InChI=1S/C15H25FN4O3S.HI/c1-4-17-15(18-9-10-19-24(3,21)22)20(2)11-12-23-14-7-5-13(16)6-8-14;/h5-8,19H,4,9-12H2,1-3H3,(H,17,18);1H. The smallest absolute Gasteiger partial charge is 0.208 e. The Bertz CT molecular complexity index is 626. The number of aliphatic imine (C=N–C) groups is 1. The predicted octanol–water partition coefficient (Wildman–Crippen LogP) is 1.27. The lowest BCUT2D eigenvalue weighted by Gasteiger charge is -2.22. The van der Waals surface area contributed by atoms with E-state index in [-0.39, 0.29) is 36.3 Å². The fourth-order valence-electron chi connectivity index (χ4n) is 1.80. The van der Waals surface area contributed by atoms with E-state index in [2.05, 4.69) is 15.0 Å². The molecule has 0 aliphatic rings. The van der Waals surface area contributed by atoms with Crippen molar-refractivity contribution in [2.24, 2.45) is 4.99 Å². The van der Waals surface area contributed by atoms with Crippen LogP contribution in [0.15, 0.2) is 29.3 Å². The van der Waals surface area contributed by atoms with E-state index in [1.165, 1.54) is 12.1 Å². The van der Waals surface area contributed by atoms with Crippen molar-refractivity contribution >= 4 is 40.0 Å². The summed E-state index contributed by atoms with van der Waals surface area (Å²) in [4.78, 5) is 6.24. The van der Waals surface area contributed by atoms with Crippen LogP contribution in [0, 0.1) is 5.82 Å². The second-order valence-corrected chi connectivity index (χ2v) is 6.96. The van der Waals surface area contributed by atoms with Crippen molar-refractivity contribution in [3.63, 3.8) is 0 Å². The Balaban J connectivity index is 0.00000576. The van der Waals surface area contributed by atoms with Gasteiger partial charge in [-0.25, -0.2) is 17.5 Å². The molecule has 0 aromatic heterocycles. The van der Waals surface area contributed by atoms with E-state index >= 15 is 0 Å². The number of likely N-dealkylation sites (N-methyl/N-ethyl adjacent to an activating group) is 1. The lowest BCUT2D eigenvalue weighted by Crippen LogP contribution is -2.41. The molecule has 0 bridgehead atoms. The van der Waals surface area contributed by atoms with Gasteiger partial charge in [0.25, 0.3) is 0 Å². The molecule has 7 nitrogen and oxygen atoms in total. The number of nitrogens with one attached hydrogen (secondary N) is 2. The molecule has 144 valence electrons. The van der Waals surface area contributed by atoms with Crippen LogP contribution in [0.2, 0.25) is 0 Å². The van der Waals surface area contributed by atoms with Gasteiger partial charge in [0.15, 0.2) is 5.96 Å². The zero-order chi connectivity index (χ0) is 18.0. The molecule has 1 aromatic carbocycles. The van der Waals surface area contributed by atoms with Crippen LogP contribution >= 0.6 is 24.0 Å². The molecule has 1 rings (SSSR count). The first-order valence-electron chi connectivity index (χ1n) is 7.64. The van der Waals surface area contributed by atoms with Gasteiger partial charge in [0.2, 0.25) is 10.0 Å². The first kappa shape index (κ1) is 23.9. The van der Waals surface area contributed by atoms with Crippen LogP contribution in [0.5, 0.6) is 5.75 Å². The van der Waals surface area contributed by atoms with E-state index < -0.39 is 10.0 Å². The zero-order valence-corrected chi connectivity index (χ0v) is 17.8. The summed E-state index contributed by atoms with van der Waals surface area (Å²) in [6.45, 7) is 4.21. The van der Waals surface area contributed by atoms with Crippen molar-refractivity contribution in [1.82, 2.24) is 14.9 Å². The number of nitrogens with zero attached hydrogens (tertiary/aromatic N) is 2. The Morgan fingerprint density at radius 3 is 2.52 bits per heavy atom. The molecule has 0 radical (unpaired) electrons. The highest BCUT2D eigenvalue weighted by Gasteiger charge is 2.06. The highest BCUT2D eigenvalue weighted by Crippen LogP contribution is 2.10.